The molecule has 1 N–H and O–H groups in total. The lowest BCUT2D eigenvalue weighted by Crippen LogP contribution is -2.33. The minimum atomic E-state index is 0.788. The molecule has 3 atom stereocenters. The molecule has 1 aliphatic carbocycles. The van der Waals surface area contributed by atoms with Crippen LogP contribution in [-0.2, 0) is 0 Å². The Balaban J connectivity index is 1.76. The van der Waals surface area contributed by atoms with Gasteiger partial charge >= 0.3 is 0 Å². The molecule has 0 unspecified atom stereocenters. The molecule has 0 spiro atoms. The Labute approximate surface area is 90.6 Å². The maximum atomic E-state index is 5.17. The fraction of sp³-hybridized carbons (Fsp3) is 0.538. The molecule has 2 fully saturated rings. The predicted molar refractivity (Wildman–Crippen MR) is 60.2 cm³/mol. The zero-order chi connectivity index (χ0) is 10.3. The van der Waals surface area contributed by atoms with Crippen LogP contribution in [0.1, 0.15) is 17.9 Å². The van der Waals surface area contributed by atoms with Crippen molar-refractivity contribution >= 4 is 0 Å². The maximum Gasteiger partial charge on any atom is 0.118 e. The summed E-state index contributed by atoms with van der Waals surface area (Å²) in [6, 6.07) is 8.59. The Morgan fingerprint density at radius 1 is 1.20 bits per heavy atom. The van der Waals surface area contributed by atoms with Crippen molar-refractivity contribution < 1.29 is 4.74 Å². The van der Waals surface area contributed by atoms with Crippen LogP contribution in [0.25, 0.3) is 0 Å². The van der Waals surface area contributed by atoms with Gasteiger partial charge in [0.2, 0.25) is 0 Å². The predicted octanol–water partition coefficient (Wildman–Crippen LogP) is 2.02. The van der Waals surface area contributed by atoms with Crippen LogP contribution in [0.15, 0.2) is 24.3 Å². The van der Waals surface area contributed by atoms with Crippen LogP contribution in [0.5, 0.6) is 5.75 Å². The lowest BCUT2D eigenvalue weighted by molar-refractivity contribution is 0.191. The number of benzene rings is 1. The van der Waals surface area contributed by atoms with E-state index in [1.54, 1.807) is 7.11 Å². The molecule has 80 valence electrons. The monoisotopic (exact) mass is 203 g/mol. The second kappa shape index (κ2) is 3.53. The molecular weight excluding hydrogens is 186 g/mol. The molecule has 2 heteroatoms. The van der Waals surface area contributed by atoms with Gasteiger partial charge in [-0.2, -0.15) is 0 Å². The Kier molecular flexibility index (Phi) is 2.17. The van der Waals surface area contributed by atoms with Crippen molar-refractivity contribution in [1.82, 2.24) is 5.32 Å². The van der Waals surface area contributed by atoms with E-state index in [0.717, 1.165) is 23.5 Å². The fourth-order valence-corrected chi connectivity index (χ4v) is 3.02. The lowest BCUT2D eigenvalue weighted by atomic mass is 9.64. The highest BCUT2D eigenvalue weighted by Gasteiger charge is 2.44. The second-order valence-electron chi connectivity index (χ2n) is 4.70. The van der Waals surface area contributed by atoms with Gasteiger partial charge in [0, 0.05) is 0 Å². The highest BCUT2D eigenvalue weighted by molar-refractivity contribution is 5.31. The number of methoxy groups -OCH3 is 1. The number of hydrogen-bond acceptors (Lipinski definition) is 2. The highest BCUT2D eigenvalue weighted by atomic mass is 16.5. The lowest BCUT2D eigenvalue weighted by Gasteiger charge is -2.40. The summed E-state index contributed by atoms with van der Waals surface area (Å²) in [5, 5.41) is 3.48. The molecule has 3 rings (SSSR count). The molecule has 15 heavy (non-hydrogen) atoms. The van der Waals surface area contributed by atoms with Crippen LogP contribution in [0.3, 0.4) is 0 Å². The Morgan fingerprint density at radius 3 is 2.67 bits per heavy atom. The van der Waals surface area contributed by atoms with Gasteiger partial charge in [-0.15, -0.1) is 0 Å². The molecule has 2 aliphatic rings. The van der Waals surface area contributed by atoms with Crippen LogP contribution >= 0.6 is 0 Å². The zero-order valence-corrected chi connectivity index (χ0v) is 9.07. The van der Waals surface area contributed by atoms with Crippen molar-refractivity contribution in [1.29, 1.82) is 0 Å². The van der Waals surface area contributed by atoms with Gasteiger partial charge in [0.05, 0.1) is 7.11 Å². The molecule has 0 aromatic heterocycles. The molecular formula is C13H17NO. The first-order valence-corrected chi connectivity index (χ1v) is 5.73. The van der Waals surface area contributed by atoms with E-state index < -0.39 is 0 Å². The maximum absolute atomic E-state index is 5.17. The van der Waals surface area contributed by atoms with Crippen LogP contribution in [-0.4, -0.2) is 20.2 Å². The van der Waals surface area contributed by atoms with Gasteiger partial charge in [0.15, 0.2) is 0 Å². The van der Waals surface area contributed by atoms with Gasteiger partial charge in [-0.25, -0.2) is 0 Å². The average molecular weight is 203 g/mol. The molecule has 1 aromatic rings. The molecule has 1 saturated carbocycles. The SMILES string of the molecule is COc1ccc([C@@H]2C[C@@H]3CNC[C@@H]32)cc1. The first-order valence-electron chi connectivity index (χ1n) is 5.73. The molecule has 0 amide bonds. The number of nitrogens with one attached hydrogen (secondary N) is 1. The third-order valence-electron chi connectivity index (χ3n) is 4.01. The third kappa shape index (κ3) is 1.44. The quantitative estimate of drug-likeness (QED) is 0.794. The van der Waals surface area contributed by atoms with Gasteiger partial charge < -0.3 is 10.1 Å². The molecule has 2 nitrogen and oxygen atoms in total. The standard InChI is InChI=1S/C13H17NO/c1-15-11-4-2-9(3-5-11)12-6-10-7-14-8-13(10)12/h2-5,10,12-14H,6-8H2,1H3/t10-,12+,13+/m1/s1. The van der Waals surface area contributed by atoms with Crippen LogP contribution in [0.4, 0.5) is 0 Å². The van der Waals surface area contributed by atoms with Crippen LogP contribution in [0.2, 0.25) is 0 Å². The van der Waals surface area contributed by atoms with E-state index in [-0.39, 0.29) is 0 Å². The van der Waals surface area contributed by atoms with Crippen molar-refractivity contribution in [3.8, 4) is 5.75 Å². The highest BCUT2D eigenvalue weighted by Crippen LogP contribution is 2.49. The Morgan fingerprint density at radius 2 is 2.00 bits per heavy atom. The van der Waals surface area contributed by atoms with Gasteiger partial charge in [0.25, 0.3) is 0 Å². The number of hydrogen-bond donors (Lipinski definition) is 1. The summed E-state index contributed by atoms with van der Waals surface area (Å²) in [5.41, 5.74) is 1.49. The summed E-state index contributed by atoms with van der Waals surface area (Å²) in [7, 11) is 1.72. The molecule has 1 aromatic carbocycles. The normalized spacial score (nSPS) is 33.3. The van der Waals surface area contributed by atoms with Gasteiger partial charge in [-0.3, -0.25) is 0 Å². The number of fused-ring (bicyclic) bond motifs is 1. The van der Waals surface area contributed by atoms with E-state index in [1.165, 1.54) is 25.1 Å². The number of ether oxygens (including phenoxy) is 1. The smallest absolute Gasteiger partial charge is 0.118 e. The van der Waals surface area contributed by atoms with E-state index in [0.29, 0.717) is 0 Å². The Bertz CT molecular complexity index is 346. The molecule has 0 bridgehead atoms. The third-order valence-corrected chi connectivity index (χ3v) is 4.01. The van der Waals surface area contributed by atoms with E-state index in [4.69, 9.17) is 4.74 Å². The van der Waals surface area contributed by atoms with Crippen molar-refractivity contribution in [2.24, 2.45) is 11.8 Å². The largest absolute Gasteiger partial charge is 0.497 e. The van der Waals surface area contributed by atoms with Crippen molar-refractivity contribution in [3.05, 3.63) is 29.8 Å². The van der Waals surface area contributed by atoms with E-state index >= 15 is 0 Å². The first kappa shape index (κ1) is 9.22. The minimum absolute atomic E-state index is 0.788. The summed E-state index contributed by atoms with van der Waals surface area (Å²) in [5.74, 6) is 3.57. The van der Waals surface area contributed by atoms with Crippen molar-refractivity contribution in [2.75, 3.05) is 20.2 Å². The molecule has 1 heterocycles. The van der Waals surface area contributed by atoms with Gasteiger partial charge in [-0.1, -0.05) is 12.1 Å². The summed E-state index contributed by atoms with van der Waals surface area (Å²) in [6.07, 6.45) is 1.37. The summed E-state index contributed by atoms with van der Waals surface area (Å²) in [4.78, 5) is 0. The van der Waals surface area contributed by atoms with Gasteiger partial charge in [0.1, 0.15) is 5.75 Å². The topological polar surface area (TPSA) is 21.3 Å². The summed E-state index contributed by atoms with van der Waals surface area (Å²) < 4.78 is 5.17. The van der Waals surface area contributed by atoms with E-state index in [1.807, 2.05) is 0 Å². The second-order valence-corrected chi connectivity index (χ2v) is 4.70. The van der Waals surface area contributed by atoms with E-state index in [2.05, 4.69) is 29.6 Å². The van der Waals surface area contributed by atoms with Gasteiger partial charge in [-0.05, 0) is 55.0 Å². The Hall–Kier alpha value is -1.02. The molecule has 0 radical (unpaired) electrons. The fourth-order valence-electron chi connectivity index (χ4n) is 3.02. The number of rotatable bonds is 2. The average Bonchev–Trinajstić information content (AvgIpc) is 2.61. The molecule has 1 saturated heterocycles. The summed E-state index contributed by atoms with van der Waals surface area (Å²) in [6.45, 7) is 2.44. The van der Waals surface area contributed by atoms with Crippen LogP contribution in [0, 0.1) is 11.8 Å². The minimum Gasteiger partial charge on any atom is -0.497 e. The van der Waals surface area contributed by atoms with Crippen molar-refractivity contribution in [2.45, 2.75) is 12.3 Å². The molecule has 1 aliphatic heterocycles. The van der Waals surface area contributed by atoms with Crippen LogP contribution < -0.4 is 10.1 Å². The zero-order valence-electron chi connectivity index (χ0n) is 9.07. The van der Waals surface area contributed by atoms with Crippen molar-refractivity contribution in [3.63, 3.8) is 0 Å². The summed E-state index contributed by atoms with van der Waals surface area (Å²) >= 11 is 0. The first-order chi connectivity index (χ1) is 7.38. The van der Waals surface area contributed by atoms with E-state index in [9.17, 15) is 0 Å².